The summed E-state index contributed by atoms with van der Waals surface area (Å²) in [7, 11) is 0. The molecule has 1 aromatic rings. The Bertz CT molecular complexity index is 584. The van der Waals surface area contributed by atoms with E-state index in [1.165, 1.54) is 32.1 Å². The van der Waals surface area contributed by atoms with E-state index < -0.39 is 0 Å². The number of amides is 1. The highest BCUT2D eigenvalue weighted by molar-refractivity contribution is 5.93. The molecule has 2 saturated heterocycles. The lowest BCUT2D eigenvalue weighted by atomic mass is 9.78. The van der Waals surface area contributed by atoms with Crippen LogP contribution >= 0.6 is 0 Å². The van der Waals surface area contributed by atoms with Crippen LogP contribution in [0.15, 0.2) is 18.3 Å². The van der Waals surface area contributed by atoms with Gasteiger partial charge in [-0.1, -0.05) is 12.8 Å². The summed E-state index contributed by atoms with van der Waals surface area (Å²) >= 11 is 0. The topological polar surface area (TPSA) is 45.7 Å². The first kappa shape index (κ1) is 15.9. The molecule has 5 heteroatoms. The van der Waals surface area contributed by atoms with E-state index in [4.69, 9.17) is 4.74 Å². The lowest BCUT2D eigenvalue weighted by molar-refractivity contribution is 0.0385. The predicted octanol–water partition coefficient (Wildman–Crippen LogP) is 2.71. The number of rotatable bonds is 2. The molecule has 2 aliphatic heterocycles. The Kier molecular flexibility index (Phi) is 4.69. The van der Waals surface area contributed by atoms with Crippen molar-refractivity contribution in [1.82, 2.24) is 9.88 Å². The molecule has 4 rings (SSSR count). The van der Waals surface area contributed by atoms with Crippen LogP contribution in [0.5, 0.6) is 0 Å². The molecule has 0 spiro atoms. The number of piperidine rings is 1. The molecule has 2 atom stereocenters. The molecule has 0 radical (unpaired) electrons. The van der Waals surface area contributed by atoms with Crippen molar-refractivity contribution in [3.05, 3.63) is 24.0 Å². The maximum absolute atomic E-state index is 13.1. The van der Waals surface area contributed by atoms with Crippen LogP contribution in [0.4, 0.5) is 5.69 Å². The molecule has 3 aliphatic rings. The van der Waals surface area contributed by atoms with Gasteiger partial charge in [-0.25, -0.2) is 0 Å². The number of fused-ring (bicyclic) bond motifs is 1. The zero-order chi connectivity index (χ0) is 16.4. The number of morpholine rings is 1. The summed E-state index contributed by atoms with van der Waals surface area (Å²) in [5, 5.41) is 0. The Labute approximate surface area is 144 Å². The molecule has 1 aliphatic carbocycles. The molecule has 3 fully saturated rings. The van der Waals surface area contributed by atoms with Crippen LogP contribution in [0.2, 0.25) is 0 Å². The molecule has 0 unspecified atom stereocenters. The van der Waals surface area contributed by atoms with Gasteiger partial charge in [0.2, 0.25) is 0 Å². The van der Waals surface area contributed by atoms with Gasteiger partial charge >= 0.3 is 0 Å². The minimum Gasteiger partial charge on any atom is -0.378 e. The van der Waals surface area contributed by atoms with E-state index in [-0.39, 0.29) is 5.91 Å². The second kappa shape index (κ2) is 7.09. The minimum atomic E-state index is 0.127. The number of anilines is 1. The standard InChI is InChI=1S/C19H27N3O2/c23-19(22-9-3-5-15-4-1-2-6-18(15)22)17-14-16(7-8-20-17)21-10-12-24-13-11-21/h7-8,14-15,18H,1-6,9-13H2/t15-,18+/m1/s1. The number of ether oxygens (including phenoxy) is 1. The van der Waals surface area contributed by atoms with E-state index in [9.17, 15) is 4.79 Å². The van der Waals surface area contributed by atoms with E-state index in [0.717, 1.165) is 45.0 Å². The lowest BCUT2D eigenvalue weighted by Crippen LogP contribution is -2.49. The fourth-order valence-electron chi connectivity index (χ4n) is 4.58. The highest BCUT2D eigenvalue weighted by Crippen LogP contribution is 2.36. The van der Waals surface area contributed by atoms with Gasteiger partial charge in [-0.05, 0) is 43.7 Å². The Hall–Kier alpha value is -1.62. The van der Waals surface area contributed by atoms with Crippen LogP contribution in [0, 0.1) is 5.92 Å². The molecule has 1 saturated carbocycles. The minimum absolute atomic E-state index is 0.127. The number of likely N-dealkylation sites (tertiary alicyclic amines) is 1. The van der Waals surface area contributed by atoms with Crippen molar-refractivity contribution in [3.63, 3.8) is 0 Å². The summed E-state index contributed by atoms with van der Waals surface area (Å²) in [6, 6.07) is 4.41. The van der Waals surface area contributed by atoms with Gasteiger partial charge in [0.15, 0.2) is 0 Å². The Morgan fingerprint density at radius 1 is 1.08 bits per heavy atom. The highest BCUT2D eigenvalue weighted by atomic mass is 16.5. The average Bonchev–Trinajstić information content (AvgIpc) is 2.68. The van der Waals surface area contributed by atoms with Gasteiger partial charge in [0.25, 0.3) is 5.91 Å². The zero-order valence-electron chi connectivity index (χ0n) is 14.3. The lowest BCUT2D eigenvalue weighted by Gasteiger charge is -2.44. The van der Waals surface area contributed by atoms with E-state index in [2.05, 4.69) is 14.8 Å². The molecular formula is C19H27N3O2. The fourth-order valence-corrected chi connectivity index (χ4v) is 4.58. The third kappa shape index (κ3) is 3.14. The summed E-state index contributed by atoms with van der Waals surface area (Å²) in [5.74, 6) is 0.834. The zero-order valence-corrected chi connectivity index (χ0v) is 14.3. The van der Waals surface area contributed by atoms with E-state index in [1.54, 1.807) is 6.20 Å². The first-order valence-electron chi connectivity index (χ1n) is 9.42. The third-order valence-electron chi connectivity index (χ3n) is 5.84. The summed E-state index contributed by atoms with van der Waals surface area (Å²) in [6.45, 7) is 4.16. The molecule has 0 N–H and O–H groups in total. The van der Waals surface area contributed by atoms with Crippen molar-refractivity contribution in [3.8, 4) is 0 Å². The summed E-state index contributed by atoms with van der Waals surface area (Å²) < 4.78 is 5.42. The largest absolute Gasteiger partial charge is 0.378 e. The van der Waals surface area contributed by atoms with Gasteiger partial charge in [0, 0.05) is 37.6 Å². The quantitative estimate of drug-likeness (QED) is 0.837. The molecule has 1 amide bonds. The van der Waals surface area contributed by atoms with Gasteiger partial charge in [-0.15, -0.1) is 0 Å². The summed E-state index contributed by atoms with van der Waals surface area (Å²) in [4.78, 5) is 21.9. The van der Waals surface area contributed by atoms with Crippen LogP contribution in [-0.4, -0.2) is 54.7 Å². The molecular weight excluding hydrogens is 302 g/mol. The monoisotopic (exact) mass is 329 g/mol. The average molecular weight is 329 g/mol. The van der Waals surface area contributed by atoms with Crippen molar-refractivity contribution in [2.75, 3.05) is 37.7 Å². The van der Waals surface area contributed by atoms with Gasteiger partial charge < -0.3 is 14.5 Å². The molecule has 0 bridgehead atoms. The van der Waals surface area contributed by atoms with Gasteiger partial charge in [-0.3, -0.25) is 9.78 Å². The number of carbonyl (C=O) groups is 1. The molecule has 24 heavy (non-hydrogen) atoms. The number of carbonyl (C=O) groups excluding carboxylic acids is 1. The maximum atomic E-state index is 13.1. The third-order valence-corrected chi connectivity index (χ3v) is 5.84. The Morgan fingerprint density at radius 2 is 1.88 bits per heavy atom. The molecule has 1 aromatic heterocycles. The first-order chi connectivity index (χ1) is 11.8. The van der Waals surface area contributed by atoms with Crippen molar-refractivity contribution in [1.29, 1.82) is 0 Å². The molecule has 130 valence electrons. The maximum Gasteiger partial charge on any atom is 0.272 e. The predicted molar refractivity (Wildman–Crippen MR) is 93.3 cm³/mol. The fraction of sp³-hybridized carbons (Fsp3) is 0.684. The van der Waals surface area contributed by atoms with Crippen LogP contribution in [-0.2, 0) is 4.74 Å². The van der Waals surface area contributed by atoms with Gasteiger partial charge in [-0.2, -0.15) is 0 Å². The second-order valence-electron chi connectivity index (χ2n) is 7.25. The van der Waals surface area contributed by atoms with E-state index in [1.807, 2.05) is 12.1 Å². The molecule has 3 heterocycles. The second-order valence-corrected chi connectivity index (χ2v) is 7.25. The number of hydrogen-bond acceptors (Lipinski definition) is 4. The van der Waals surface area contributed by atoms with Gasteiger partial charge in [0.05, 0.1) is 13.2 Å². The summed E-state index contributed by atoms with van der Waals surface area (Å²) in [5.41, 5.74) is 1.69. The van der Waals surface area contributed by atoms with Crippen LogP contribution < -0.4 is 4.90 Å². The van der Waals surface area contributed by atoms with Crippen molar-refractivity contribution in [2.24, 2.45) is 5.92 Å². The highest BCUT2D eigenvalue weighted by Gasteiger charge is 2.36. The van der Waals surface area contributed by atoms with E-state index >= 15 is 0 Å². The van der Waals surface area contributed by atoms with Gasteiger partial charge in [0.1, 0.15) is 5.69 Å². The smallest absolute Gasteiger partial charge is 0.272 e. The number of hydrogen-bond donors (Lipinski definition) is 0. The van der Waals surface area contributed by atoms with Crippen LogP contribution in [0.25, 0.3) is 0 Å². The normalized spacial score (nSPS) is 27.7. The number of nitrogens with zero attached hydrogens (tertiary/aromatic N) is 3. The number of pyridine rings is 1. The molecule has 5 nitrogen and oxygen atoms in total. The summed E-state index contributed by atoms with van der Waals surface area (Å²) in [6.07, 6.45) is 9.24. The number of aromatic nitrogens is 1. The first-order valence-corrected chi connectivity index (χ1v) is 9.42. The molecule has 0 aromatic carbocycles. The Morgan fingerprint density at radius 3 is 2.75 bits per heavy atom. The SMILES string of the molecule is O=C(c1cc(N2CCOCC2)ccn1)N1CCC[C@H]2CCCC[C@@H]21. The van der Waals surface area contributed by atoms with Crippen molar-refractivity contribution < 1.29 is 9.53 Å². The van der Waals surface area contributed by atoms with Crippen LogP contribution in [0.1, 0.15) is 49.0 Å². The van der Waals surface area contributed by atoms with Crippen LogP contribution in [0.3, 0.4) is 0 Å². The van der Waals surface area contributed by atoms with Crippen molar-refractivity contribution in [2.45, 2.75) is 44.6 Å². The van der Waals surface area contributed by atoms with E-state index in [0.29, 0.717) is 17.7 Å². The Balaban J connectivity index is 1.53. The van der Waals surface area contributed by atoms with Crippen molar-refractivity contribution >= 4 is 11.6 Å².